The number of rotatable bonds is 8. The lowest BCUT2D eigenvalue weighted by Crippen LogP contribution is -2.47. The molecule has 144 valence electrons. The number of carbonyl (C=O) groups excluding carboxylic acids is 1. The van der Waals surface area contributed by atoms with Crippen LogP contribution < -0.4 is 10.1 Å². The molecule has 1 aromatic rings. The number of carbonyl (C=O) groups is 1. The second-order valence-corrected chi connectivity index (χ2v) is 7.04. The van der Waals surface area contributed by atoms with Crippen LogP contribution in [-0.2, 0) is 16.0 Å². The van der Waals surface area contributed by atoms with Crippen LogP contribution in [0.3, 0.4) is 0 Å². The number of hydrogen-bond donors (Lipinski definition) is 1. The Kier molecular flexibility index (Phi) is 7.29. The van der Waals surface area contributed by atoms with E-state index in [0.717, 1.165) is 76.6 Å². The Morgan fingerprint density at radius 1 is 1.38 bits per heavy atom. The van der Waals surface area contributed by atoms with E-state index in [2.05, 4.69) is 21.2 Å². The van der Waals surface area contributed by atoms with Crippen molar-refractivity contribution in [2.45, 2.75) is 25.3 Å². The van der Waals surface area contributed by atoms with Gasteiger partial charge in [0.1, 0.15) is 5.75 Å². The molecule has 0 radical (unpaired) electrons. The summed E-state index contributed by atoms with van der Waals surface area (Å²) in [4.78, 5) is 17.5. The molecule has 2 saturated heterocycles. The van der Waals surface area contributed by atoms with Crippen molar-refractivity contribution in [1.82, 2.24) is 15.1 Å². The molecule has 2 fully saturated rings. The smallest absolute Gasteiger partial charge is 0.223 e. The number of benzene rings is 1. The van der Waals surface area contributed by atoms with Crippen molar-refractivity contribution in [3.8, 4) is 5.75 Å². The van der Waals surface area contributed by atoms with Gasteiger partial charge >= 0.3 is 0 Å². The SMILES string of the molecule is COc1cccc(CCC(=O)N(CCN2CCOCC2)C2CCNC2)c1. The van der Waals surface area contributed by atoms with Gasteiger partial charge in [0.25, 0.3) is 0 Å². The molecule has 1 unspecified atom stereocenters. The lowest BCUT2D eigenvalue weighted by Gasteiger charge is -2.33. The molecule has 1 amide bonds. The van der Waals surface area contributed by atoms with E-state index in [1.165, 1.54) is 0 Å². The molecule has 3 rings (SSSR count). The van der Waals surface area contributed by atoms with E-state index >= 15 is 0 Å². The van der Waals surface area contributed by atoms with Crippen molar-refractivity contribution >= 4 is 5.91 Å². The third-order valence-corrected chi connectivity index (χ3v) is 5.32. The maximum atomic E-state index is 13.0. The quantitative estimate of drug-likeness (QED) is 0.753. The zero-order valence-electron chi connectivity index (χ0n) is 15.8. The molecule has 0 aliphatic carbocycles. The molecule has 1 N–H and O–H groups in total. The summed E-state index contributed by atoms with van der Waals surface area (Å²) >= 11 is 0. The Morgan fingerprint density at radius 3 is 2.96 bits per heavy atom. The van der Waals surface area contributed by atoms with E-state index in [1.807, 2.05) is 18.2 Å². The monoisotopic (exact) mass is 361 g/mol. The van der Waals surface area contributed by atoms with Gasteiger partial charge in [0.2, 0.25) is 5.91 Å². The normalized spacial score (nSPS) is 20.9. The van der Waals surface area contributed by atoms with Crippen molar-refractivity contribution in [1.29, 1.82) is 0 Å². The van der Waals surface area contributed by atoms with Gasteiger partial charge in [0.15, 0.2) is 0 Å². The molecular weight excluding hydrogens is 330 g/mol. The number of ether oxygens (including phenoxy) is 2. The number of amides is 1. The Bertz CT molecular complexity index is 569. The fourth-order valence-corrected chi connectivity index (χ4v) is 3.71. The van der Waals surface area contributed by atoms with Gasteiger partial charge in [-0.3, -0.25) is 9.69 Å². The summed E-state index contributed by atoms with van der Waals surface area (Å²) in [6.45, 7) is 7.19. The summed E-state index contributed by atoms with van der Waals surface area (Å²) in [7, 11) is 1.67. The van der Waals surface area contributed by atoms with Gasteiger partial charge in [-0.25, -0.2) is 0 Å². The highest BCUT2D eigenvalue weighted by Gasteiger charge is 2.26. The van der Waals surface area contributed by atoms with E-state index < -0.39 is 0 Å². The average Bonchev–Trinajstić information content (AvgIpc) is 3.22. The first-order chi connectivity index (χ1) is 12.8. The van der Waals surface area contributed by atoms with Crippen LogP contribution in [0.15, 0.2) is 24.3 Å². The molecule has 6 heteroatoms. The van der Waals surface area contributed by atoms with Crippen LogP contribution in [0, 0.1) is 0 Å². The summed E-state index contributed by atoms with van der Waals surface area (Å²) in [5, 5.41) is 3.39. The van der Waals surface area contributed by atoms with Crippen LogP contribution in [0.1, 0.15) is 18.4 Å². The fourth-order valence-electron chi connectivity index (χ4n) is 3.71. The van der Waals surface area contributed by atoms with Crippen LogP contribution in [0.2, 0.25) is 0 Å². The maximum Gasteiger partial charge on any atom is 0.223 e. The second-order valence-electron chi connectivity index (χ2n) is 7.04. The summed E-state index contributed by atoms with van der Waals surface area (Å²) in [6.07, 6.45) is 2.35. The lowest BCUT2D eigenvalue weighted by atomic mass is 10.1. The van der Waals surface area contributed by atoms with Crippen molar-refractivity contribution in [2.75, 3.05) is 59.6 Å². The Morgan fingerprint density at radius 2 is 2.23 bits per heavy atom. The molecule has 26 heavy (non-hydrogen) atoms. The van der Waals surface area contributed by atoms with Crippen LogP contribution in [-0.4, -0.2) is 81.3 Å². The third-order valence-electron chi connectivity index (χ3n) is 5.32. The highest BCUT2D eigenvalue weighted by Crippen LogP contribution is 2.16. The first-order valence-corrected chi connectivity index (χ1v) is 9.69. The van der Waals surface area contributed by atoms with Gasteiger partial charge in [-0.05, 0) is 37.1 Å². The first kappa shape index (κ1) is 19.1. The zero-order valence-corrected chi connectivity index (χ0v) is 15.8. The highest BCUT2D eigenvalue weighted by molar-refractivity contribution is 5.77. The molecule has 0 spiro atoms. The maximum absolute atomic E-state index is 13.0. The van der Waals surface area contributed by atoms with Crippen molar-refractivity contribution in [3.05, 3.63) is 29.8 Å². The van der Waals surface area contributed by atoms with Crippen LogP contribution >= 0.6 is 0 Å². The molecule has 0 aromatic heterocycles. The minimum absolute atomic E-state index is 0.259. The van der Waals surface area contributed by atoms with Gasteiger partial charge in [0.05, 0.1) is 20.3 Å². The number of nitrogens with zero attached hydrogens (tertiary/aromatic N) is 2. The largest absolute Gasteiger partial charge is 0.497 e. The molecule has 6 nitrogen and oxygen atoms in total. The van der Waals surface area contributed by atoms with Crippen molar-refractivity contribution < 1.29 is 14.3 Å². The number of hydrogen-bond acceptors (Lipinski definition) is 5. The highest BCUT2D eigenvalue weighted by atomic mass is 16.5. The van der Waals surface area contributed by atoms with Gasteiger partial charge < -0.3 is 19.7 Å². The lowest BCUT2D eigenvalue weighted by molar-refractivity contribution is -0.133. The zero-order chi connectivity index (χ0) is 18.2. The molecular formula is C20H31N3O3. The van der Waals surface area contributed by atoms with E-state index in [4.69, 9.17) is 9.47 Å². The summed E-state index contributed by atoms with van der Waals surface area (Å²) < 4.78 is 10.7. The Labute approximate surface area is 156 Å². The number of morpholine rings is 1. The van der Waals surface area contributed by atoms with Crippen LogP contribution in [0.25, 0.3) is 0 Å². The van der Waals surface area contributed by atoms with Gasteiger partial charge in [0, 0.05) is 45.2 Å². The minimum Gasteiger partial charge on any atom is -0.497 e. The van der Waals surface area contributed by atoms with Gasteiger partial charge in [-0.1, -0.05) is 12.1 Å². The van der Waals surface area contributed by atoms with E-state index in [1.54, 1.807) is 7.11 Å². The molecule has 2 aliphatic heterocycles. The number of aryl methyl sites for hydroxylation is 1. The summed E-state index contributed by atoms with van der Waals surface area (Å²) in [5.74, 6) is 1.11. The molecule has 0 bridgehead atoms. The second kappa shape index (κ2) is 9.90. The number of nitrogens with one attached hydrogen (secondary N) is 1. The topological polar surface area (TPSA) is 54.0 Å². The third kappa shape index (κ3) is 5.43. The molecule has 1 atom stereocenters. The summed E-state index contributed by atoms with van der Waals surface area (Å²) in [6, 6.07) is 8.32. The van der Waals surface area contributed by atoms with E-state index in [0.29, 0.717) is 12.5 Å². The predicted molar refractivity (Wildman–Crippen MR) is 102 cm³/mol. The molecule has 2 aliphatic rings. The minimum atomic E-state index is 0.259. The average molecular weight is 361 g/mol. The van der Waals surface area contributed by atoms with E-state index in [9.17, 15) is 4.79 Å². The van der Waals surface area contributed by atoms with E-state index in [-0.39, 0.29) is 5.91 Å². The predicted octanol–water partition coefficient (Wildman–Crippen LogP) is 1.15. The van der Waals surface area contributed by atoms with Crippen molar-refractivity contribution in [3.63, 3.8) is 0 Å². The van der Waals surface area contributed by atoms with Crippen LogP contribution in [0.4, 0.5) is 0 Å². The molecule has 2 heterocycles. The van der Waals surface area contributed by atoms with Gasteiger partial charge in [-0.15, -0.1) is 0 Å². The Hall–Kier alpha value is -1.63. The summed E-state index contributed by atoms with van der Waals surface area (Å²) in [5.41, 5.74) is 1.15. The first-order valence-electron chi connectivity index (χ1n) is 9.69. The number of methoxy groups -OCH3 is 1. The molecule has 1 aromatic carbocycles. The van der Waals surface area contributed by atoms with Crippen molar-refractivity contribution in [2.24, 2.45) is 0 Å². The van der Waals surface area contributed by atoms with Gasteiger partial charge in [-0.2, -0.15) is 0 Å². The molecule has 0 saturated carbocycles. The fraction of sp³-hybridized carbons (Fsp3) is 0.650. The standard InChI is InChI=1S/C20H31N3O3/c1-25-19-4-2-3-17(15-19)5-6-20(24)23(18-7-8-21-16-18)10-9-22-11-13-26-14-12-22/h2-4,15,18,21H,5-14,16H2,1H3. The Balaban J connectivity index is 1.54. The van der Waals surface area contributed by atoms with Crippen LogP contribution in [0.5, 0.6) is 5.75 Å².